The lowest BCUT2D eigenvalue weighted by Crippen LogP contribution is -2.48. The van der Waals surface area contributed by atoms with Gasteiger partial charge in [-0.1, -0.05) is 19.9 Å². The summed E-state index contributed by atoms with van der Waals surface area (Å²) < 4.78 is 0. The molecule has 2 heteroatoms. The Balaban J connectivity index is 1.79. The van der Waals surface area contributed by atoms with Gasteiger partial charge in [-0.3, -0.25) is 4.98 Å². The average molecular weight is 255 g/mol. The Bertz CT molecular complexity index is 598. The summed E-state index contributed by atoms with van der Waals surface area (Å²) >= 11 is 1.78. The molecule has 2 bridgehead atoms. The Labute approximate surface area is 112 Å². The topological polar surface area (TPSA) is 12.9 Å². The second-order valence-corrected chi connectivity index (χ2v) is 7.20. The summed E-state index contributed by atoms with van der Waals surface area (Å²) in [5.74, 6) is 1.63. The fraction of sp³-hybridized carbons (Fsp3) is 0.438. The van der Waals surface area contributed by atoms with Crippen molar-refractivity contribution in [3.05, 3.63) is 40.9 Å². The molecule has 2 heterocycles. The van der Waals surface area contributed by atoms with E-state index >= 15 is 0 Å². The van der Waals surface area contributed by atoms with Crippen LogP contribution in [0.15, 0.2) is 29.8 Å². The lowest BCUT2D eigenvalue weighted by molar-refractivity contribution is 0.0183. The molecule has 2 aromatic rings. The number of thiophene rings is 1. The Hall–Kier alpha value is -1.15. The molecule has 0 unspecified atom stereocenters. The van der Waals surface area contributed by atoms with Crippen LogP contribution in [0, 0.1) is 11.3 Å². The van der Waals surface area contributed by atoms with Crippen LogP contribution in [0.5, 0.6) is 0 Å². The second kappa shape index (κ2) is 3.45. The summed E-state index contributed by atoms with van der Waals surface area (Å²) in [6.07, 6.45) is 4.77. The highest BCUT2D eigenvalue weighted by Gasteiger charge is 2.52. The molecule has 1 saturated carbocycles. The third kappa shape index (κ3) is 1.30. The number of nitrogens with zero attached hydrogens (tertiary/aromatic N) is 1. The molecule has 0 N–H and O–H groups in total. The van der Waals surface area contributed by atoms with Crippen LogP contribution >= 0.6 is 11.3 Å². The average Bonchev–Trinajstić information content (AvgIpc) is 2.91. The molecule has 0 radical (unpaired) electrons. The Morgan fingerprint density at radius 3 is 3.00 bits per heavy atom. The van der Waals surface area contributed by atoms with E-state index in [-0.39, 0.29) is 0 Å². The van der Waals surface area contributed by atoms with Gasteiger partial charge in [0.2, 0.25) is 0 Å². The molecule has 2 atom stereocenters. The molecule has 2 aromatic heterocycles. The van der Waals surface area contributed by atoms with Gasteiger partial charge in [0.05, 0.1) is 10.6 Å². The van der Waals surface area contributed by atoms with Gasteiger partial charge in [0.1, 0.15) is 0 Å². The summed E-state index contributed by atoms with van der Waals surface area (Å²) in [5.41, 5.74) is 4.72. The minimum Gasteiger partial charge on any atom is -0.255 e. The van der Waals surface area contributed by atoms with E-state index in [0.717, 1.165) is 17.5 Å². The summed E-state index contributed by atoms with van der Waals surface area (Å²) in [4.78, 5) is 5.97. The van der Waals surface area contributed by atoms with Gasteiger partial charge in [-0.15, -0.1) is 11.3 Å². The Morgan fingerprint density at radius 1 is 1.39 bits per heavy atom. The molecule has 0 spiro atoms. The summed E-state index contributed by atoms with van der Waals surface area (Å²) in [6, 6.07) is 6.59. The van der Waals surface area contributed by atoms with Gasteiger partial charge in [0, 0.05) is 6.20 Å². The van der Waals surface area contributed by atoms with Crippen molar-refractivity contribution in [1.29, 1.82) is 0 Å². The zero-order valence-corrected chi connectivity index (χ0v) is 11.6. The van der Waals surface area contributed by atoms with E-state index in [1.165, 1.54) is 23.3 Å². The number of hydrogen-bond acceptors (Lipinski definition) is 2. The van der Waals surface area contributed by atoms with Crippen molar-refractivity contribution in [2.75, 3.05) is 0 Å². The molecule has 0 aliphatic heterocycles. The summed E-state index contributed by atoms with van der Waals surface area (Å²) in [7, 11) is 0. The maximum absolute atomic E-state index is 4.69. The third-order valence-corrected chi connectivity index (χ3v) is 6.00. The minimum absolute atomic E-state index is 0.499. The first-order valence-corrected chi connectivity index (χ1v) is 7.57. The number of aromatic nitrogens is 1. The van der Waals surface area contributed by atoms with Crippen molar-refractivity contribution in [2.45, 2.75) is 32.6 Å². The van der Waals surface area contributed by atoms with E-state index < -0.39 is 0 Å². The van der Waals surface area contributed by atoms with Crippen LogP contribution < -0.4 is 0 Å². The highest BCUT2D eigenvalue weighted by atomic mass is 32.1. The fourth-order valence-corrected chi connectivity index (χ4v) is 4.41. The largest absolute Gasteiger partial charge is 0.255 e. The molecular formula is C16H17NS. The molecule has 1 nitrogen and oxygen atoms in total. The highest BCUT2D eigenvalue weighted by molar-refractivity contribution is 7.13. The van der Waals surface area contributed by atoms with E-state index in [4.69, 9.17) is 0 Å². The van der Waals surface area contributed by atoms with Crippen molar-refractivity contribution >= 4 is 11.3 Å². The van der Waals surface area contributed by atoms with Crippen molar-refractivity contribution in [2.24, 2.45) is 11.3 Å². The Morgan fingerprint density at radius 2 is 2.28 bits per heavy atom. The van der Waals surface area contributed by atoms with Crippen molar-refractivity contribution < 1.29 is 0 Å². The molecule has 3 aliphatic rings. The van der Waals surface area contributed by atoms with Crippen LogP contribution in [0.3, 0.4) is 0 Å². The molecule has 0 aromatic carbocycles. The quantitative estimate of drug-likeness (QED) is 0.731. The predicted octanol–water partition coefficient (Wildman–Crippen LogP) is 4.50. The Kier molecular flexibility index (Phi) is 2.06. The summed E-state index contributed by atoms with van der Waals surface area (Å²) in [5, 5.41) is 2.12. The van der Waals surface area contributed by atoms with Crippen LogP contribution in [-0.2, 0) is 6.42 Å². The predicted molar refractivity (Wildman–Crippen MR) is 75.9 cm³/mol. The van der Waals surface area contributed by atoms with Crippen molar-refractivity contribution in [3.8, 4) is 10.6 Å². The van der Waals surface area contributed by atoms with E-state index in [2.05, 4.69) is 48.6 Å². The van der Waals surface area contributed by atoms with E-state index in [1.807, 2.05) is 0 Å². The smallest absolute Gasteiger partial charge is 0.0804 e. The van der Waals surface area contributed by atoms with Crippen LogP contribution in [0.25, 0.3) is 10.6 Å². The highest BCUT2D eigenvalue weighted by Crippen LogP contribution is 2.62. The van der Waals surface area contributed by atoms with Crippen molar-refractivity contribution in [3.63, 3.8) is 0 Å². The van der Waals surface area contributed by atoms with E-state index in [1.54, 1.807) is 16.9 Å². The van der Waals surface area contributed by atoms with Gasteiger partial charge in [-0.25, -0.2) is 0 Å². The first-order chi connectivity index (χ1) is 8.66. The fourth-order valence-electron chi connectivity index (χ4n) is 3.71. The van der Waals surface area contributed by atoms with Crippen LogP contribution in [0.2, 0.25) is 0 Å². The molecule has 18 heavy (non-hydrogen) atoms. The normalized spacial score (nSPS) is 27.4. The standard InChI is InChI=1S/C16H17NS/c1-16(2)11-6-10-7-14(15-4-3-5-18-15)17-9-12(10)13(16)8-11/h3-5,7,9,11,13H,6,8H2,1-2H3/t11-,13-/m1/s1. The monoisotopic (exact) mass is 255 g/mol. The lowest BCUT2D eigenvalue weighted by Gasteiger charge is -2.57. The van der Waals surface area contributed by atoms with Gasteiger partial charge in [-0.05, 0) is 58.7 Å². The van der Waals surface area contributed by atoms with Gasteiger partial charge in [0.25, 0.3) is 0 Å². The van der Waals surface area contributed by atoms with Gasteiger partial charge in [-0.2, -0.15) is 0 Å². The SMILES string of the molecule is CC1(C)[C@@H]2Cc3cc(-c4cccs4)ncc3[C@H]1C2. The first-order valence-electron chi connectivity index (χ1n) is 6.69. The number of pyridine rings is 1. The first kappa shape index (κ1) is 10.7. The molecule has 1 fully saturated rings. The molecule has 0 amide bonds. The third-order valence-electron chi connectivity index (χ3n) is 5.11. The van der Waals surface area contributed by atoms with E-state index in [0.29, 0.717) is 5.41 Å². The molecule has 3 aliphatic carbocycles. The van der Waals surface area contributed by atoms with Crippen LogP contribution in [-0.4, -0.2) is 4.98 Å². The zero-order valence-electron chi connectivity index (χ0n) is 10.8. The lowest BCUT2D eigenvalue weighted by atomic mass is 9.48. The number of rotatable bonds is 1. The second-order valence-electron chi connectivity index (χ2n) is 6.26. The molecule has 92 valence electrons. The minimum atomic E-state index is 0.499. The number of hydrogen-bond donors (Lipinski definition) is 0. The molecule has 5 rings (SSSR count). The van der Waals surface area contributed by atoms with E-state index in [9.17, 15) is 0 Å². The maximum Gasteiger partial charge on any atom is 0.0804 e. The summed E-state index contributed by atoms with van der Waals surface area (Å²) in [6.45, 7) is 4.84. The molecular weight excluding hydrogens is 238 g/mol. The van der Waals surface area contributed by atoms with Crippen LogP contribution in [0.4, 0.5) is 0 Å². The van der Waals surface area contributed by atoms with Crippen molar-refractivity contribution in [1.82, 2.24) is 4.98 Å². The van der Waals surface area contributed by atoms with Gasteiger partial charge < -0.3 is 0 Å². The van der Waals surface area contributed by atoms with Gasteiger partial charge >= 0.3 is 0 Å². The maximum atomic E-state index is 4.69. The van der Waals surface area contributed by atoms with Gasteiger partial charge in [0.15, 0.2) is 0 Å². The van der Waals surface area contributed by atoms with Crippen LogP contribution in [0.1, 0.15) is 37.3 Å². The molecule has 0 saturated heterocycles. The zero-order chi connectivity index (χ0) is 12.3.